The van der Waals surface area contributed by atoms with E-state index in [9.17, 15) is 9.59 Å². The summed E-state index contributed by atoms with van der Waals surface area (Å²) in [7, 11) is 0. The lowest BCUT2D eigenvalue weighted by atomic mass is 9.88. The molecule has 0 spiro atoms. The van der Waals surface area contributed by atoms with Crippen LogP contribution in [0.15, 0.2) is 60.7 Å². The summed E-state index contributed by atoms with van der Waals surface area (Å²) in [5, 5.41) is 2.09. The van der Waals surface area contributed by atoms with Gasteiger partial charge in [0.25, 0.3) is 0 Å². The molecular formula is C30H32N2O2. The average Bonchev–Trinajstić information content (AvgIpc) is 3.47. The highest BCUT2D eigenvalue weighted by atomic mass is 16.2. The number of para-hydroxylation sites is 2. The molecule has 4 heteroatoms. The first-order chi connectivity index (χ1) is 16.7. The highest BCUT2D eigenvalue weighted by Gasteiger charge is 2.30. The standard InChI is InChI=1S/C30H32N2O2/c33-29(21-11-3-1-4-12-21)31-25-17-9-7-15-23(25)19-27(31)28-20-24-16-8-10-18-26(24)32(28)30(34)22-13-5-2-6-14-22/h7-10,15-22H,1-6,11-14H2. The third-order valence-corrected chi connectivity index (χ3v) is 8.03. The van der Waals surface area contributed by atoms with Gasteiger partial charge < -0.3 is 0 Å². The molecule has 2 saturated carbocycles. The number of benzene rings is 2. The van der Waals surface area contributed by atoms with Crippen molar-refractivity contribution in [1.82, 2.24) is 9.13 Å². The first-order valence-electron chi connectivity index (χ1n) is 13.0. The zero-order valence-electron chi connectivity index (χ0n) is 19.7. The van der Waals surface area contributed by atoms with Gasteiger partial charge in [0.15, 0.2) is 0 Å². The summed E-state index contributed by atoms with van der Waals surface area (Å²) >= 11 is 0. The summed E-state index contributed by atoms with van der Waals surface area (Å²) in [5.41, 5.74) is 3.57. The molecule has 0 aliphatic heterocycles. The Hall–Kier alpha value is -3.14. The number of fused-ring (bicyclic) bond motifs is 2. The van der Waals surface area contributed by atoms with Crippen molar-refractivity contribution in [3.63, 3.8) is 0 Å². The molecule has 4 nitrogen and oxygen atoms in total. The number of aromatic nitrogens is 2. The molecule has 34 heavy (non-hydrogen) atoms. The van der Waals surface area contributed by atoms with Crippen LogP contribution in [0.4, 0.5) is 0 Å². The van der Waals surface area contributed by atoms with Crippen molar-refractivity contribution >= 4 is 33.6 Å². The van der Waals surface area contributed by atoms with Gasteiger partial charge in [0, 0.05) is 22.6 Å². The van der Waals surface area contributed by atoms with Crippen molar-refractivity contribution in [2.24, 2.45) is 11.8 Å². The fourth-order valence-corrected chi connectivity index (χ4v) is 6.23. The Bertz CT molecular complexity index is 1260. The molecule has 2 aliphatic rings. The Kier molecular flexibility index (Phi) is 5.60. The van der Waals surface area contributed by atoms with E-state index in [1.807, 2.05) is 45.5 Å². The molecule has 2 heterocycles. The molecule has 0 saturated heterocycles. The maximum absolute atomic E-state index is 13.9. The number of carbonyl (C=O) groups excluding carboxylic acids is 2. The summed E-state index contributed by atoms with van der Waals surface area (Å²) in [6, 6.07) is 20.5. The molecule has 0 N–H and O–H groups in total. The molecule has 2 aromatic heterocycles. The van der Waals surface area contributed by atoms with E-state index in [1.165, 1.54) is 12.8 Å². The van der Waals surface area contributed by atoms with Crippen LogP contribution in [-0.2, 0) is 0 Å². The maximum atomic E-state index is 13.9. The first-order valence-corrected chi connectivity index (χ1v) is 13.0. The predicted molar refractivity (Wildman–Crippen MR) is 137 cm³/mol. The van der Waals surface area contributed by atoms with Gasteiger partial charge in [-0.1, -0.05) is 74.9 Å². The van der Waals surface area contributed by atoms with Crippen molar-refractivity contribution in [2.45, 2.75) is 64.2 Å². The topological polar surface area (TPSA) is 44.0 Å². The summed E-state index contributed by atoms with van der Waals surface area (Å²) in [6.45, 7) is 0. The molecule has 0 unspecified atom stereocenters. The molecule has 174 valence electrons. The zero-order chi connectivity index (χ0) is 23.1. The number of carbonyl (C=O) groups is 2. The van der Waals surface area contributed by atoms with E-state index < -0.39 is 0 Å². The molecule has 0 bridgehead atoms. The number of nitrogens with zero attached hydrogens (tertiary/aromatic N) is 2. The minimum atomic E-state index is 0.0511. The largest absolute Gasteiger partial charge is 0.278 e. The number of rotatable bonds is 3. The molecule has 2 aliphatic carbocycles. The second-order valence-electron chi connectivity index (χ2n) is 10.2. The average molecular weight is 453 g/mol. The lowest BCUT2D eigenvalue weighted by molar-refractivity contribution is 0.0795. The maximum Gasteiger partial charge on any atom is 0.234 e. The van der Waals surface area contributed by atoms with Crippen LogP contribution in [0.2, 0.25) is 0 Å². The second-order valence-corrected chi connectivity index (χ2v) is 10.2. The highest BCUT2D eigenvalue weighted by Crippen LogP contribution is 2.37. The van der Waals surface area contributed by atoms with E-state index in [1.54, 1.807) is 0 Å². The molecular weight excluding hydrogens is 420 g/mol. The summed E-state index contributed by atoms with van der Waals surface area (Å²) < 4.78 is 3.84. The molecule has 6 rings (SSSR count). The fraction of sp³-hybridized carbons (Fsp3) is 0.400. The lowest BCUT2D eigenvalue weighted by Gasteiger charge is -2.24. The van der Waals surface area contributed by atoms with Gasteiger partial charge in [0.2, 0.25) is 11.8 Å². The predicted octanol–water partition coefficient (Wildman–Crippen LogP) is 7.70. The van der Waals surface area contributed by atoms with Crippen molar-refractivity contribution in [1.29, 1.82) is 0 Å². The Balaban J connectivity index is 1.56. The third kappa shape index (κ3) is 3.60. The van der Waals surface area contributed by atoms with Gasteiger partial charge in [0.05, 0.1) is 22.4 Å². The van der Waals surface area contributed by atoms with Crippen molar-refractivity contribution < 1.29 is 9.59 Å². The van der Waals surface area contributed by atoms with Gasteiger partial charge in [-0.05, 0) is 49.9 Å². The van der Waals surface area contributed by atoms with Gasteiger partial charge >= 0.3 is 0 Å². The van der Waals surface area contributed by atoms with E-state index in [0.717, 1.165) is 84.6 Å². The molecule has 2 aromatic carbocycles. The van der Waals surface area contributed by atoms with E-state index in [4.69, 9.17) is 0 Å². The van der Waals surface area contributed by atoms with Gasteiger partial charge in [-0.25, -0.2) is 0 Å². The van der Waals surface area contributed by atoms with Crippen LogP contribution in [0.3, 0.4) is 0 Å². The Morgan fingerprint density at radius 3 is 1.35 bits per heavy atom. The number of hydrogen-bond acceptors (Lipinski definition) is 2. The zero-order valence-corrected chi connectivity index (χ0v) is 19.7. The van der Waals surface area contributed by atoms with Crippen molar-refractivity contribution in [3.05, 3.63) is 60.7 Å². The third-order valence-electron chi connectivity index (χ3n) is 8.03. The molecule has 0 amide bonds. The quantitative estimate of drug-likeness (QED) is 0.320. The smallest absolute Gasteiger partial charge is 0.234 e. The summed E-state index contributed by atoms with van der Waals surface area (Å²) in [6.07, 6.45) is 10.7. The lowest BCUT2D eigenvalue weighted by Crippen LogP contribution is -2.27. The number of hydrogen-bond donors (Lipinski definition) is 0. The Labute approximate surface area is 200 Å². The van der Waals surface area contributed by atoms with Crippen LogP contribution in [0.1, 0.15) is 73.8 Å². The fourth-order valence-electron chi connectivity index (χ4n) is 6.23. The van der Waals surface area contributed by atoms with E-state index in [2.05, 4.69) is 24.3 Å². The van der Waals surface area contributed by atoms with Crippen molar-refractivity contribution in [2.75, 3.05) is 0 Å². The summed E-state index contributed by atoms with van der Waals surface area (Å²) in [4.78, 5) is 27.9. The molecule has 0 atom stereocenters. The minimum Gasteiger partial charge on any atom is -0.278 e. The molecule has 0 radical (unpaired) electrons. The Morgan fingerprint density at radius 2 is 0.941 bits per heavy atom. The van der Waals surface area contributed by atoms with E-state index >= 15 is 0 Å². The van der Waals surface area contributed by atoms with Crippen LogP contribution < -0.4 is 0 Å². The highest BCUT2D eigenvalue weighted by molar-refractivity contribution is 6.04. The molecule has 2 fully saturated rings. The van der Waals surface area contributed by atoms with Crippen LogP contribution in [-0.4, -0.2) is 20.9 Å². The second kappa shape index (κ2) is 8.90. The molecule has 4 aromatic rings. The van der Waals surface area contributed by atoms with Crippen LogP contribution in [0.25, 0.3) is 33.2 Å². The first kappa shape index (κ1) is 21.4. The summed E-state index contributed by atoms with van der Waals surface area (Å²) in [5.74, 6) is 0.459. The van der Waals surface area contributed by atoms with Crippen LogP contribution >= 0.6 is 0 Å². The van der Waals surface area contributed by atoms with E-state index in [0.29, 0.717) is 0 Å². The minimum absolute atomic E-state index is 0.0511. The van der Waals surface area contributed by atoms with Crippen molar-refractivity contribution in [3.8, 4) is 11.4 Å². The Morgan fingerprint density at radius 1 is 0.559 bits per heavy atom. The monoisotopic (exact) mass is 452 g/mol. The van der Waals surface area contributed by atoms with E-state index in [-0.39, 0.29) is 23.7 Å². The normalized spacial score (nSPS) is 18.0. The van der Waals surface area contributed by atoms with Crippen LogP contribution in [0, 0.1) is 11.8 Å². The van der Waals surface area contributed by atoms with Gasteiger partial charge in [0.1, 0.15) is 0 Å². The van der Waals surface area contributed by atoms with Gasteiger partial charge in [-0.2, -0.15) is 0 Å². The van der Waals surface area contributed by atoms with Crippen LogP contribution in [0.5, 0.6) is 0 Å². The van der Waals surface area contributed by atoms with Gasteiger partial charge in [-0.15, -0.1) is 0 Å². The van der Waals surface area contributed by atoms with Gasteiger partial charge in [-0.3, -0.25) is 18.7 Å². The SMILES string of the molecule is O=C(C1CCCCC1)n1c(-c2cc3ccccc3n2C(=O)C2CCCCC2)cc2ccccc21.